The molecule has 0 saturated carbocycles. The van der Waals surface area contributed by atoms with Gasteiger partial charge in [0.2, 0.25) is 0 Å². The Hall–Kier alpha value is -3.59. The van der Waals surface area contributed by atoms with Crippen LogP contribution >= 0.6 is 0 Å². The summed E-state index contributed by atoms with van der Waals surface area (Å²) in [5.41, 5.74) is 1.22. The molecule has 3 aromatic rings. The minimum Gasteiger partial charge on any atom is -0.292 e. The molecule has 0 bridgehead atoms. The van der Waals surface area contributed by atoms with Crippen molar-refractivity contribution in [3.8, 4) is 0 Å². The molecule has 0 aliphatic heterocycles. The molecule has 0 N–H and O–H groups in total. The highest BCUT2D eigenvalue weighted by atomic mass is 16.2. The molecule has 3 aromatic carbocycles. The number of rotatable bonds is 2. The van der Waals surface area contributed by atoms with E-state index in [0.717, 1.165) is 5.56 Å². The summed E-state index contributed by atoms with van der Waals surface area (Å²) in [4.78, 5) is 40.4. The molecule has 0 aromatic heterocycles. The average Bonchev–Trinajstić information content (AvgIpc) is 3.19. The Labute approximate surface area is 156 Å². The second-order valence-electron chi connectivity index (χ2n) is 6.79. The van der Waals surface area contributed by atoms with Crippen molar-refractivity contribution in [1.29, 1.82) is 0 Å². The van der Waals surface area contributed by atoms with Crippen LogP contribution in [-0.2, 0) is 5.41 Å². The van der Waals surface area contributed by atoms with Crippen molar-refractivity contribution in [2.75, 3.05) is 0 Å². The Morgan fingerprint density at radius 3 is 1.89 bits per heavy atom. The number of ketones is 3. The van der Waals surface area contributed by atoms with Crippen LogP contribution in [0.3, 0.4) is 0 Å². The Kier molecular flexibility index (Phi) is 3.16. The molecule has 2 aliphatic carbocycles. The van der Waals surface area contributed by atoms with Gasteiger partial charge in [-0.15, -0.1) is 0 Å². The first-order chi connectivity index (χ1) is 13.2. The largest absolute Gasteiger partial charge is 0.292 e. The topological polar surface area (TPSA) is 51.2 Å². The van der Waals surface area contributed by atoms with E-state index >= 15 is 0 Å². The lowest BCUT2D eigenvalue weighted by Gasteiger charge is -2.25. The predicted octanol–water partition coefficient (Wildman–Crippen LogP) is 4.28. The third-order valence-electron chi connectivity index (χ3n) is 5.45. The fourth-order valence-electron chi connectivity index (χ4n) is 4.23. The van der Waals surface area contributed by atoms with Gasteiger partial charge in [0.05, 0.1) is 0 Å². The molecule has 27 heavy (non-hydrogen) atoms. The Morgan fingerprint density at radius 1 is 0.667 bits per heavy atom. The van der Waals surface area contributed by atoms with Gasteiger partial charge < -0.3 is 0 Å². The average molecular weight is 350 g/mol. The number of allylic oxidation sites excluding steroid dienone is 1. The van der Waals surface area contributed by atoms with Crippen molar-refractivity contribution < 1.29 is 14.4 Å². The van der Waals surface area contributed by atoms with E-state index in [2.05, 4.69) is 0 Å². The van der Waals surface area contributed by atoms with E-state index in [0.29, 0.717) is 22.3 Å². The van der Waals surface area contributed by atoms with Crippen LogP contribution in [0.1, 0.15) is 42.2 Å². The molecule has 0 atom stereocenters. The first-order valence-electron chi connectivity index (χ1n) is 8.76. The van der Waals surface area contributed by atoms with Gasteiger partial charge in [0.15, 0.2) is 22.8 Å². The van der Waals surface area contributed by atoms with Gasteiger partial charge in [0, 0.05) is 22.3 Å². The Bertz CT molecular complexity index is 1130. The second-order valence-corrected chi connectivity index (χ2v) is 6.79. The summed E-state index contributed by atoms with van der Waals surface area (Å²) in [5, 5.41) is 0. The van der Waals surface area contributed by atoms with E-state index in [1.807, 2.05) is 18.2 Å². The van der Waals surface area contributed by atoms with Crippen LogP contribution in [0.4, 0.5) is 0 Å². The van der Waals surface area contributed by atoms with Crippen LogP contribution in [0.15, 0.2) is 84.4 Å². The number of carbonyl (C=O) groups excluding carboxylic acids is 3. The van der Waals surface area contributed by atoms with E-state index in [1.165, 1.54) is 0 Å². The summed E-state index contributed by atoms with van der Waals surface area (Å²) in [6, 6.07) is 22.9. The van der Waals surface area contributed by atoms with Gasteiger partial charge in [0.25, 0.3) is 0 Å². The van der Waals surface area contributed by atoms with E-state index in [9.17, 15) is 14.4 Å². The lowest BCUT2D eigenvalue weighted by molar-refractivity contribution is 0.0804. The minimum absolute atomic E-state index is 0.237. The number of Topliss-reactive ketones (excluding diaryl/α,β-unsaturated/α-hetero) is 3. The van der Waals surface area contributed by atoms with Crippen LogP contribution in [-0.4, -0.2) is 17.3 Å². The van der Waals surface area contributed by atoms with Crippen molar-refractivity contribution in [2.24, 2.45) is 0 Å². The SMILES string of the molecule is O=C(C1=Cc2ccccc2C12C(=O)c1ccccc1C2=O)c1ccccc1. The third-order valence-corrected chi connectivity index (χ3v) is 5.45. The highest BCUT2D eigenvalue weighted by Gasteiger charge is 2.60. The molecule has 0 radical (unpaired) electrons. The zero-order valence-electron chi connectivity index (χ0n) is 14.3. The number of benzene rings is 3. The van der Waals surface area contributed by atoms with Crippen LogP contribution in [0.2, 0.25) is 0 Å². The summed E-state index contributed by atoms with van der Waals surface area (Å²) in [5.74, 6) is -0.923. The predicted molar refractivity (Wildman–Crippen MR) is 102 cm³/mol. The first-order valence-corrected chi connectivity index (χ1v) is 8.76. The molecule has 3 heteroatoms. The number of carbonyl (C=O) groups is 3. The van der Waals surface area contributed by atoms with E-state index < -0.39 is 5.41 Å². The fourth-order valence-corrected chi connectivity index (χ4v) is 4.23. The molecule has 5 rings (SSSR count). The third kappa shape index (κ3) is 1.88. The van der Waals surface area contributed by atoms with Gasteiger partial charge in [-0.1, -0.05) is 78.9 Å². The van der Waals surface area contributed by atoms with E-state index in [4.69, 9.17) is 0 Å². The standard InChI is InChI=1S/C24H14O3/c25-21(15-8-2-1-3-9-15)20-14-16-10-4-7-13-19(16)24(20)22(26)17-11-5-6-12-18(17)23(24)27/h1-14H. The maximum Gasteiger partial charge on any atom is 0.190 e. The lowest BCUT2D eigenvalue weighted by atomic mass is 9.71. The van der Waals surface area contributed by atoms with E-state index in [-0.39, 0.29) is 22.9 Å². The van der Waals surface area contributed by atoms with Gasteiger partial charge in [0.1, 0.15) is 0 Å². The summed E-state index contributed by atoms with van der Waals surface area (Å²) < 4.78 is 0. The summed E-state index contributed by atoms with van der Waals surface area (Å²) in [7, 11) is 0. The molecule has 2 aliphatic rings. The number of hydrogen-bond donors (Lipinski definition) is 0. The smallest absolute Gasteiger partial charge is 0.190 e. The van der Waals surface area contributed by atoms with Gasteiger partial charge in [-0.2, -0.15) is 0 Å². The molecular formula is C24H14O3. The minimum atomic E-state index is -1.58. The van der Waals surface area contributed by atoms with Crippen molar-refractivity contribution >= 4 is 23.4 Å². The maximum atomic E-state index is 13.5. The van der Waals surface area contributed by atoms with Gasteiger partial charge in [-0.25, -0.2) is 0 Å². The van der Waals surface area contributed by atoms with Crippen molar-refractivity contribution in [3.05, 3.63) is 112 Å². The molecule has 128 valence electrons. The molecule has 0 heterocycles. The van der Waals surface area contributed by atoms with Crippen molar-refractivity contribution in [3.63, 3.8) is 0 Å². The second kappa shape index (κ2) is 5.45. The van der Waals surface area contributed by atoms with Crippen molar-refractivity contribution in [1.82, 2.24) is 0 Å². The molecule has 1 spiro atoms. The van der Waals surface area contributed by atoms with Crippen molar-refractivity contribution in [2.45, 2.75) is 5.41 Å². The van der Waals surface area contributed by atoms with Crippen LogP contribution in [0, 0.1) is 0 Å². The maximum absolute atomic E-state index is 13.5. The summed E-state index contributed by atoms with van der Waals surface area (Å²) in [6.45, 7) is 0. The quantitative estimate of drug-likeness (QED) is 0.512. The molecule has 0 amide bonds. The lowest BCUT2D eigenvalue weighted by Crippen LogP contribution is -2.41. The molecule has 0 saturated heterocycles. The van der Waals surface area contributed by atoms with Crippen LogP contribution < -0.4 is 0 Å². The highest BCUT2D eigenvalue weighted by Crippen LogP contribution is 2.51. The zero-order valence-corrected chi connectivity index (χ0v) is 14.3. The molecular weight excluding hydrogens is 336 g/mol. The first kappa shape index (κ1) is 15.6. The molecule has 3 nitrogen and oxygen atoms in total. The van der Waals surface area contributed by atoms with Crippen LogP contribution in [0.25, 0.3) is 6.08 Å². The number of hydrogen-bond acceptors (Lipinski definition) is 3. The fraction of sp³-hybridized carbons (Fsp3) is 0.0417. The number of fused-ring (bicyclic) bond motifs is 3. The normalized spacial score (nSPS) is 16.2. The summed E-state index contributed by atoms with van der Waals surface area (Å²) >= 11 is 0. The summed E-state index contributed by atoms with van der Waals surface area (Å²) in [6.07, 6.45) is 1.70. The molecule has 0 unspecified atom stereocenters. The zero-order chi connectivity index (χ0) is 18.6. The monoisotopic (exact) mass is 350 g/mol. The van der Waals surface area contributed by atoms with Crippen LogP contribution in [0.5, 0.6) is 0 Å². The van der Waals surface area contributed by atoms with Gasteiger partial charge >= 0.3 is 0 Å². The highest BCUT2D eigenvalue weighted by molar-refractivity contribution is 6.40. The van der Waals surface area contributed by atoms with Gasteiger partial charge in [-0.05, 0) is 17.2 Å². The van der Waals surface area contributed by atoms with E-state index in [1.54, 1.807) is 66.7 Å². The Balaban J connectivity index is 1.79. The molecule has 0 fully saturated rings. The van der Waals surface area contributed by atoms with Gasteiger partial charge in [-0.3, -0.25) is 14.4 Å². The Morgan fingerprint density at radius 2 is 1.22 bits per heavy atom.